The van der Waals surface area contributed by atoms with Crippen molar-refractivity contribution in [3.63, 3.8) is 0 Å². The van der Waals surface area contributed by atoms with Gasteiger partial charge in [-0.05, 0) is 0 Å². The van der Waals surface area contributed by atoms with E-state index in [1.165, 1.54) is 19.3 Å². The van der Waals surface area contributed by atoms with Gasteiger partial charge < -0.3 is 24.8 Å². The summed E-state index contributed by atoms with van der Waals surface area (Å²) in [5.74, 6) is 0.181. The molecule has 0 saturated carbocycles. The van der Waals surface area contributed by atoms with Crippen molar-refractivity contribution in [1.82, 2.24) is 0 Å². The summed E-state index contributed by atoms with van der Waals surface area (Å²) in [6.07, 6.45) is 9.01. The summed E-state index contributed by atoms with van der Waals surface area (Å²) in [5, 5.41) is 0. The molecule has 0 bridgehead atoms. The van der Waals surface area contributed by atoms with Crippen LogP contribution in [0.15, 0.2) is 41.0 Å². The quantitative estimate of drug-likeness (QED) is 0.513. The number of rotatable bonds is 5. The molecule has 0 saturated heterocycles. The summed E-state index contributed by atoms with van der Waals surface area (Å²) in [6.45, 7) is 17.1. The molecule has 1 unspecified atom stereocenters. The first-order chi connectivity index (χ1) is 9.88. The number of halogens is 2. The molecule has 0 N–H and O–H groups in total. The van der Waals surface area contributed by atoms with Crippen molar-refractivity contribution < 1.29 is 45.7 Å². The fraction of sp³-hybridized carbons (Fsp3) is 0.579. The van der Waals surface area contributed by atoms with Crippen LogP contribution in [0, 0.1) is 5.92 Å². The maximum Gasteiger partial charge on any atom is -1.00 e. The Morgan fingerprint density at radius 1 is 1.13 bits per heavy atom. The van der Waals surface area contributed by atoms with Gasteiger partial charge in [0.1, 0.15) is 0 Å². The predicted octanol–water partition coefficient (Wildman–Crippen LogP) is -0.130. The number of hydrogen-bond acceptors (Lipinski definition) is 0. The van der Waals surface area contributed by atoms with E-state index in [9.17, 15) is 0 Å². The van der Waals surface area contributed by atoms with Crippen LogP contribution in [-0.2, 0) is 20.9 Å². The Labute approximate surface area is 164 Å². The summed E-state index contributed by atoms with van der Waals surface area (Å²) in [5.41, 5.74) is 6.56. The molecule has 0 radical (unpaired) electrons. The molecule has 4 heteroatoms. The van der Waals surface area contributed by atoms with Crippen LogP contribution in [0.25, 0.3) is 0 Å². The van der Waals surface area contributed by atoms with Crippen LogP contribution in [0.4, 0.5) is 0 Å². The molecule has 129 valence electrons. The third kappa shape index (κ3) is 4.84. The third-order valence-electron chi connectivity index (χ3n) is 5.34. The van der Waals surface area contributed by atoms with Gasteiger partial charge in [-0.3, -0.25) is 0 Å². The van der Waals surface area contributed by atoms with E-state index in [-0.39, 0.29) is 24.8 Å². The minimum atomic E-state index is -1.57. The molecule has 0 nitrogen and oxygen atoms in total. The van der Waals surface area contributed by atoms with E-state index in [0.29, 0.717) is 0 Å². The second-order valence-corrected chi connectivity index (χ2v) is 26.2. The second kappa shape index (κ2) is 9.95. The van der Waals surface area contributed by atoms with E-state index < -0.39 is 26.8 Å². The predicted molar refractivity (Wildman–Crippen MR) is 94.8 cm³/mol. The van der Waals surface area contributed by atoms with Gasteiger partial charge in [-0.2, -0.15) is 0 Å². The largest absolute Gasteiger partial charge is 1.00 e. The van der Waals surface area contributed by atoms with Crippen LogP contribution < -0.4 is 24.8 Å². The molecule has 23 heavy (non-hydrogen) atoms. The number of allylic oxidation sites excluding steroid dienone is 8. The summed E-state index contributed by atoms with van der Waals surface area (Å²) in [6, 6.07) is 0. The molecule has 0 fully saturated rings. The van der Waals surface area contributed by atoms with Gasteiger partial charge in [-0.1, -0.05) is 0 Å². The summed E-state index contributed by atoms with van der Waals surface area (Å²) in [7, 11) is 0. The minimum absolute atomic E-state index is 0. The molecule has 1 atom stereocenters. The zero-order valence-corrected chi connectivity index (χ0v) is 20.8. The van der Waals surface area contributed by atoms with Gasteiger partial charge in [0.15, 0.2) is 0 Å². The van der Waals surface area contributed by atoms with Gasteiger partial charge in [0.2, 0.25) is 0 Å². The molecule has 0 aromatic carbocycles. The van der Waals surface area contributed by atoms with Gasteiger partial charge in [0.25, 0.3) is 0 Å². The summed E-state index contributed by atoms with van der Waals surface area (Å²) in [4.78, 5) is 0. The van der Waals surface area contributed by atoms with Gasteiger partial charge in [-0.15, -0.1) is 0 Å². The van der Waals surface area contributed by atoms with Gasteiger partial charge in [-0.25, -0.2) is 0 Å². The molecule has 0 amide bonds. The van der Waals surface area contributed by atoms with E-state index in [0.717, 1.165) is 5.92 Å². The van der Waals surface area contributed by atoms with E-state index in [4.69, 9.17) is 0 Å². The monoisotopic (exact) mass is 447 g/mol. The maximum absolute atomic E-state index is 2.63. The van der Waals surface area contributed by atoms with Crippen LogP contribution in [0.3, 0.4) is 0 Å². The second-order valence-electron chi connectivity index (χ2n) is 7.04. The molecule has 0 heterocycles. The van der Waals surface area contributed by atoms with Crippen molar-refractivity contribution in [3.8, 4) is 0 Å². The average molecular weight is 450 g/mol. The van der Waals surface area contributed by atoms with E-state index in [2.05, 4.69) is 59.9 Å². The normalized spacial score (nSPS) is 20.4. The molecule has 0 aromatic heterocycles. The molecule has 0 spiro atoms. The third-order valence-corrected chi connectivity index (χ3v) is 25.0. The molecule has 0 aromatic rings. The Morgan fingerprint density at radius 3 is 2.17 bits per heavy atom. The van der Waals surface area contributed by atoms with Gasteiger partial charge in [0, 0.05) is 0 Å². The Morgan fingerprint density at radius 2 is 1.74 bits per heavy atom. The summed E-state index contributed by atoms with van der Waals surface area (Å²) < 4.78 is 3.86. The minimum Gasteiger partial charge on any atom is -1.00 e. The molecule has 0 aliphatic heterocycles. The fourth-order valence-corrected chi connectivity index (χ4v) is 24.9. The zero-order valence-electron chi connectivity index (χ0n) is 15.7. The summed E-state index contributed by atoms with van der Waals surface area (Å²) >= 11 is -1.57. The van der Waals surface area contributed by atoms with E-state index >= 15 is 0 Å². The van der Waals surface area contributed by atoms with Crippen LogP contribution in [0.1, 0.15) is 53.9 Å². The van der Waals surface area contributed by atoms with Crippen molar-refractivity contribution >= 4 is 5.92 Å². The van der Waals surface area contributed by atoms with Crippen LogP contribution in [0.2, 0.25) is 13.1 Å². The van der Waals surface area contributed by atoms with Crippen molar-refractivity contribution in [2.24, 2.45) is 5.92 Å². The Kier molecular flexibility index (Phi) is 10.2. The first-order valence-electron chi connectivity index (χ1n) is 8.54. The average Bonchev–Trinajstić information content (AvgIpc) is 2.95. The Hall–Kier alpha value is 0.640. The first-order valence-corrected chi connectivity index (χ1v) is 18.1. The van der Waals surface area contributed by atoms with Crippen LogP contribution >= 0.6 is 0 Å². The molecular weight excluding hydrogens is 418 g/mol. The molecule has 2 rings (SSSR count). The van der Waals surface area contributed by atoms with Gasteiger partial charge >= 0.3 is 141 Å². The molecule has 2 aliphatic rings. The van der Waals surface area contributed by atoms with Crippen molar-refractivity contribution in [1.29, 1.82) is 0 Å². The zero-order chi connectivity index (χ0) is 15.7. The standard InChI is InChI=1S/C9H13.C8H11.C2H7Si.2ClH.Zr/c1-6-5-7(2)9(4)8(6)3;1-2-5-8-6-3-4-7-8;1-3-2;;;/h6H,1-4H3;6-7H,2-3,5H2,1H3;3H,1-2H3;2*1H;/q;;;;;+2/p-2. The Bertz CT molecular complexity index is 556. The smallest absolute Gasteiger partial charge is 1.00 e. The maximum atomic E-state index is 2.63. The van der Waals surface area contributed by atoms with Gasteiger partial charge in [0.05, 0.1) is 0 Å². The Balaban J connectivity index is 0.00000242. The first kappa shape index (κ1) is 23.6. The fourth-order valence-electron chi connectivity index (χ4n) is 3.89. The SMILES string of the molecule is CCCC1=CC[C]([Zr+2]([C]2=C(C)C(C)=C(C)C2C)[SiH](C)C)=C1.[Cl-].[Cl-]. The molecular formula is C19H31Cl2SiZr. The van der Waals surface area contributed by atoms with E-state index in [1.807, 2.05) is 6.56 Å². The topological polar surface area (TPSA) is 0 Å². The van der Waals surface area contributed by atoms with Crippen molar-refractivity contribution in [2.45, 2.75) is 67.0 Å². The number of hydrogen-bond donors (Lipinski definition) is 0. The van der Waals surface area contributed by atoms with Crippen LogP contribution in [0.5, 0.6) is 0 Å². The van der Waals surface area contributed by atoms with Crippen LogP contribution in [-0.4, -0.2) is 5.92 Å². The van der Waals surface area contributed by atoms with Crippen molar-refractivity contribution in [2.75, 3.05) is 0 Å². The van der Waals surface area contributed by atoms with Crippen molar-refractivity contribution in [3.05, 3.63) is 41.0 Å². The molecule has 2 aliphatic carbocycles. The van der Waals surface area contributed by atoms with E-state index in [1.54, 1.807) is 22.3 Å².